The SMILES string of the molecule is O=C1N2C[C@H](N1OS(=O)(=O)O)C1(CC1)C[C@H]2c1cc(CNC2CNC2)on1.[V].[V]. The van der Waals surface area contributed by atoms with Crippen LogP contribution in [0.5, 0.6) is 0 Å². The zero-order chi connectivity index (χ0) is 18.8. The van der Waals surface area contributed by atoms with Gasteiger partial charge in [-0.2, -0.15) is 13.5 Å². The third-order valence-electron chi connectivity index (χ3n) is 6.10. The summed E-state index contributed by atoms with van der Waals surface area (Å²) >= 11 is 0. The van der Waals surface area contributed by atoms with Crippen molar-refractivity contribution in [2.45, 2.75) is 43.9 Å². The quantitative estimate of drug-likeness (QED) is 0.453. The summed E-state index contributed by atoms with van der Waals surface area (Å²) in [5.74, 6) is 0.696. The standard InChI is InChI=1S/C15H21N5O6S.2V/c21-14-19-8-13(20(14)26-27(22,23)24)15(1-2-15)4-12(19)11-3-10(25-18-11)7-17-9-5-16-6-9;;/h3,9,12-13,16-17H,1-2,4-8H2,(H,22,23,24);;/t12-,13-;;/m0../s1. The van der Waals surface area contributed by atoms with Crippen molar-refractivity contribution in [1.29, 1.82) is 0 Å². The monoisotopic (exact) mass is 501 g/mol. The number of fused-ring (bicyclic) bond motifs is 3. The molecule has 2 atom stereocenters. The van der Waals surface area contributed by atoms with Crippen molar-refractivity contribution in [3.05, 3.63) is 17.5 Å². The molecular weight excluding hydrogens is 480 g/mol. The first kappa shape index (κ1) is 23.1. The maximum absolute atomic E-state index is 12.7. The van der Waals surface area contributed by atoms with E-state index in [0.29, 0.717) is 37.0 Å². The van der Waals surface area contributed by atoms with E-state index in [2.05, 4.69) is 20.1 Å². The summed E-state index contributed by atoms with van der Waals surface area (Å²) < 4.78 is 41.3. The Morgan fingerprint density at radius 1 is 1.38 bits per heavy atom. The average Bonchev–Trinajstić information content (AvgIpc) is 3.06. The normalized spacial score (nSPS) is 27.4. The molecule has 0 unspecified atom stereocenters. The van der Waals surface area contributed by atoms with Gasteiger partial charge in [0, 0.05) is 68.9 Å². The number of aromatic nitrogens is 1. The second-order valence-corrected chi connectivity index (χ2v) is 8.82. The minimum absolute atomic E-state index is 0. The molecule has 4 heterocycles. The molecule has 29 heavy (non-hydrogen) atoms. The fourth-order valence-corrected chi connectivity index (χ4v) is 4.70. The fraction of sp³-hybridized carbons (Fsp3) is 0.733. The molecule has 1 spiro atoms. The Labute approximate surface area is 191 Å². The van der Waals surface area contributed by atoms with Crippen LogP contribution in [0.15, 0.2) is 10.6 Å². The number of hydroxylamine groups is 2. The number of rotatable bonds is 6. The van der Waals surface area contributed by atoms with E-state index in [-0.39, 0.29) is 54.6 Å². The summed E-state index contributed by atoms with van der Waals surface area (Å²) in [5, 5.41) is 11.5. The van der Waals surface area contributed by atoms with Gasteiger partial charge >= 0.3 is 16.4 Å². The third-order valence-corrected chi connectivity index (χ3v) is 6.45. The average molecular weight is 501 g/mol. The van der Waals surface area contributed by atoms with E-state index in [1.165, 1.54) is 0 Å². The van der Waals surface area contributed by atoms with E-state index in [4.69, 9.17) is 9.08 Å². The molecule has 3 aliphatic heterocycles. The molecule has 2 radical (unpaired) electrons. The predicted octanol–water partition coefficient (Wildman–Crippen LogP) is -0.203. The van der Waals surface area contributed by atoms with Gasteiger partial charge in [-0.15, -0.1) is 4.28 Å². The number of urea groups is 1. The van der Waals surface area contributed by atoms with Gasteiger partial charge in [0.25, 0.3) is 0 Å². The number of hydrogen-bond acceptors (Lipinski definition) is 8. The van der Waals surface area contributed by atoms with Crippen LogP contribution >= 0.6 is 0 Å². The number of nitrogens with one attached hydrogen (secondary N) is 2. The van der Waals surface area contributed by atoms with E-state index in [9.17, 15) is 13.2 Å². The Morgan fingerprint density at radius 3 is 2.69 bits per heavy atom. The molecule has 1 aromatic heterocycles. The van der Waals surface area contributed by atoms with Crippen LogP contribution in [0.2, 0.25) is 0 Å². The van der Waals surface area contributed by atoms with Crippen LogP contribution in [0.1, 0.15) is 36.8 Å². The van der Waals surface area contributed by atoms with Gasteiger partial charge in [-0.3, -0.25) is 4.55 Å². The van der Waals surface area contributed by atoms with Crippen molar-refractivity contribution in [1.82, 2.24) is 25.8 Å². The van der Waals surface area contributed by atoms with Crippen molar-refractivity contribution in [2.75, 3.05) is 19.6 Å². The number of piperidine rings is 1. The van der Waals surface area contributed by atoms with Crippen molar-refractivity contribution < 1.29 is 63.7 Å². The van der Waals surface area contributed by atoms with E-state index in [0.717, 1.165) is 31.0 Å². The largest absolute Gasteiger partial charge is 0.418 e. The minimum Gasteiger partial charge on any atom is -0.360 e. The van der Waals surface area contributed by atoms with Gasteiger partial charge in [0.2, 0.25) is 0 Å². The summed E-state index contributed by atoms with van der Waals surface area (Å²) in [6.45, 7) is 2.76. The number of carbonyl (C=O) groups excluding carboxylic acids is 1. The Kier molecular flexibility index (Phi) is 6.51. The molecule has 2 amide bonds. The van der Waals surface area contributed by atoms with Crippen molar-refractivity contribution >= 4 is 16.4 Å². The van der Waals surface area contributed by atoms with Crippen LogP contribution in [0.4, 0.5) is 4.79 Å². The first-order chi connectivity index (χ1) is 12.8. The number of amides is 2. The molecule has 1 saturated carbocycles. The molecule has 4 aliphatic rings. The van der Waals surface area contributed by atoms with Gasteiger partial charge in [-0.1, -0.05) is 5.16 Å². The van der Waals surface area contributed by atoms with E-state index in [1.807, 2.05) is 6.07 Å². The van der Waals surface area contributed by atoms with Crippen LogP contribution in [0.3, 0.4) is 0 Å². The molecule has 11 nitrogen and oxygen atoms in total. The van der Waals surface area contributed by atoms with E-state index in [1.54, 1.807) is 4.90 Å². The molecule has 2 bridgehead atoms. The summed E-state index contributed by atoms with van der Waals surface area (Å²) in [6, 6.07) is 1.01. The minimum atomic E-state index is -4.76. The first-order valence-corrected chi connectivity index (χ1v) is 10.4. The molecule has 1 aromatic rings. The van der Waals surface area contributed by atoms with Crippen molar-refractivity contribution in [3.8, 4) is 0 Å². The maximum atomic E-state index is 12.7. The maximum Gasteiger partial charge on any atom is 0.418 e. The van der Waals surface area contributed by atoms with Gasteiger partial charge < -0.3 is 20.1 Å². The number of nitrogens with zero attached hydrogens (tertiary/aromatic N) is 3. The Balaban J connectivity index is 0.00000120. The Bertz CT molecular complexity index is 874. The molecule has 5 rings (SSSR count). The second-order valence-electron chi connectivity index (χ2n) is 7.82. The molecule has 3 saturated heterocycles. The summed E-state index contributed by atoms with van der Waals surface area (Å²) in [4.78, 5) is 14.3. The zero-order valence-electron chi connectivity index (χ0n) is 15.4. The summed E-state index contributed by atoms with van der Waals surface area (Å²) in [5.41, 5.74) is 0.456. The predicted molar refractivity (Wildman–Crippen MR) is 89.4 cm³/mol. The molecule has 4 fully saturated rings. The van der Waals surface area contributed by atoms with Gasteiger partial charge in [-0.05, 0) is 24.7 Å². The van der Waals surface area contributed by atoms with Crippen molar-refractivity contribution in [3.63, 3.8) is 0 Å². The van der Waals surface area contributed by atoms with Crippen LogP contribution in [-0.2, 0) is 58.3 Å². The van der Waals surface area contributed by atoms with E-state index >= 15 is 0 Å². The smallest absolute Gasteiger partial charge is 0.360 e. The van der Waals surface area contributed by atoms with Crippen LogP contribution in [0, 0.1) is 5.41 Å². The molecule has 3 N–H and O–H groups in total. The molecule has 158 valence electrons. The number of carbonyl (C=O) groups is 1. The number of hydrogen-bond donors (Lipinski definition) is 3. The third kappa shape index (κ3) is 4.28. The van der Waals surface area contributed by atoms with Gasteiger partial charge in [0.1, 0.15) is 5.69 Å². The van der Waals surface area contributed by atoms with Crippen molar-refractivity contribution in [2.24, 2.45) is 5.41 Å². The topological polar surface area (TPSA) is 137 Å². The van der Waals surface area contributed by atoms with Gasteiger partial charge in [0.05, 0.1) is 18.6 Å². The van der Waals surface area contributed by atoms with Gasteiger partial charge in [-0.25, -0.2) is 4.79 Å². The second kappa shape index (κ2) is 8.17. The molecular formula is C15H21N5O6SV2. The Hall–Kier alpha value is -0.561. The zero-order valence-corrected chi connectivity index (χ0v) is 19.0. The van der Waals surface area contributed by atoms with Crippen LogP contribution < -0.4 is 10.6 Å². The first-order valence-electron chi connectivity index (χ1n) is 9.01. The summed E-state index contributed by atoms with van der Waals surface area (Å²) in [6.07, 6.45) is 2.42. The van der Waals surface area contributed by atoms with Crippen LogP contribution in [0.25, 0.3) is 0 Å². The molecule has 1 aliphatic carbocycles. The Morgan fingerprint density at radius 2 is 2.10 bits per heavy atom. The summed E-state index contributed by atoms with van der Waals surface area (Å²) in [7, 11) is -4.76. The van der Waals surface area contributed by atoms with E-state index < -0.39 is 16.4 Å². The molecule has 0 aromatic carbocycles. The molecule has 14 heteroatoms. The van der Waals surface area contributed by atoms with Gasteiger partial charge in [0.15, 0.2) is 5.76 Å². The van der Waals surface area contributed by atoms with Crippen LogP contribution in [-0.4, -0.2) is 65.8 Å². The fourth-order valence-electron chi connectivity index (χ4n) is 4.33.